The van der Waals surface area contributed by atoms with Gasteiger partial charge in [-0.2, -0.15) is 0 Å². The van der Waals surface area contributed by atoms with E-state index in [1.54, 1.807) is 6.07 Å². The summed E-state index contributed by atoms with van der Waals surface area (Å²) in [6, 6.07) is 5.39. The van der Waals surface area contributed by atoms with E-state index >= 15 is 0 Å². The van der Waals surface area contributed by atoms with Gasteiger partial charge in [-0.25, -0.2) is 9.69 Å². The summed E-state index contributed by atoms with van der Waals surface area (Å²) in [7, 11) is 0. The number of halogens is 3. The number of anilines is 2. The molecular formula is C18H15F3N4O4. The van der Waals surface area contributed by atoms with Crippen LogP contribution >= 0.6 is 0 Å². The van der Waals surface area contributed by atoms with Crippen molar-refractivity contribution in [1.29, 1.82) is 0 Å². The zero-order valence-corrected chi connectivity index (χ0v) is 15.1. The van der Waals surface area contributed by atoms with Gasteiger partial charge < -0.3 is 15.0 Å². The van der Waals surface area contributed by atoms with Crippen LogP contribution in [0.4, 0.5) is 29.3 Å². The Kier molecular flexibility index (Phi) is 5.39. The Morgan fingerprint density at radius 1 is 1.21 bits per heavy atom. The number of alkyl halides is 3. The largest absolute Gasteiger partial charge is 0.573 e. The van der Waals surface area contributed by atoms with Gasteiger partial charge in [0.05, 0.1) is 24.1 Å². The normalized spacial score (nSPS) is 14.3. The highest BCUT2D eigenvalue weighted by Crippen LogP contribution is 2.28. The average Bonchev–Trinajstić information content (AvgIpc) is 2.89. The highest BCUT2D eigenvalue weighted by atomic mass is 19.4. The highest BCUT2D eigenvalue weighted by molar-refractivity contribution is 6.19. The Bertz CT molecular complexity index is 947. The molecule has 0 spiro atoms. The molecule has 2 heterocycles. The fourth-order valence-corrected chi connectivity index (χ4v) is 2.79. The molecule has 152 valence electrons. The van der Waals surface area contributed by atoms with E-state index in [4.69, 9.17) is 0 Å². The van der Waals surface area contributed by atoms with E-state index in [-0.39, 0.29) is 24.7 Å². The topological polar surface area (TPSA) is 91.8 Å². The first kappa shape index (κ1) is 20.1. The summed E-state index contributed by atoms with van der Waals surface area (Å²) in [6.07, 6.45) is -1.93. The molecule has 29 heavy (non-hydrogen) atoms. The molecule has 1 aromatic heterocycles. The van der Waals surface area contributed by atoms with Crippen molar-refractivity contribution in [3.8, 4) is 5.75 Å². The Labute approximate surface area is 162 Å². The van der Waals surface area contributed by atoms with Crippen molar-refractivity contribution in [2.24, 2.45) is 0 Å². The summed E-state index contributed by atoms with van der Waals surface area (Å²) in [6.45, 7) is 1.14. The quantitative estimate of drug-likeness (QED) is 0.769. The van der Waals surface area contributed by atoms with Gasteiger partial charge in [-0.3, -0.25) is 14.6 Å². The number of nitrogens with zero attached hydrogens (tertiary/aromatic N) is 3. The number of pyridine rings is 1. The molecule has 2 aromatic rings. The molecule has 0 bridgehead atoms. The fourth-order valence-electron chi connectivity index (χ4n) is 2.79. The number of aromatic nitrogens is 1. The maximum absolute atomic E-state index is 12.7. The van der Waals surface area contributed by atoms with Crippen molar-refractivity contribution in [2.45, 2.75) is 19.8 Å². The molecule has 1 N–H and O–H groups in total. The SMILES string of the molecule is CC(=O)Nc1cnccc1CN1CC(=O)N(c2ccc(OC(F)(F)F)cc2)C1=O. The first-order chi connectivity index (χ1) is 13.6. The zero-order chi connectivity index (χ0) is 21.2. The van der Waals surface area contributed by atoms with Gasteiger partial charge in [0.25, 0.3) is 5.91 Å². The van der Waals surface area contributed by atoms with Crippen molar-refractivity contribution in [1.82, 2.24) is 9.88 Å². The molecule has 0 atom stereocenters. The van der Waals surface area contributed by atoms with Crippen LogP contribution in [0.3, 0.4) is 0 Å². The van der Waals surface area contributed by atoms with Crippen molar-refractivity contribution in [3.05, 3.63) is 48.3 Å². The Balaban J connectivity index is 1.76. The van der Waals surface area contributed by atoms with Crippen LogP contribution in [-0.4, -0.2) is 40.6 Å². The van der Waals surface area contributed by atoms with Gasteiger partial charge in [0.1, 0.15) is 12.3 Å². The minimum Gasteiger partial charge on any atom is -0.406 e. The third kappa shape index (κ3) is 4.81. The maximum atomic E-state index is 12.7. The van der Waals surface area contributed by atoms with Crippen LogP contribution in [-0.2, 0) is 16.1 Å². The van der Waals surface area contributed by atoms with Gasteiger partial charge in [0.15, 0.2) is 0 Å². The van der Waals surface area contributed by atoms with Gasteiger partial charge in [-0.1, -0.05) is 0 Å². The number of imide groups is 1. The molecule has 11 heteroatoms. The molecule has 0 radical (unpaired) electrons. The number of hydrogen-bond donors (Lipinski definition) is 1. The van der Waals surface area contributed by atoms with Crippen LogP contribution in [0, 0.1) is 0 Å². The molecule has 4 amide bonds. The zero-order valence-electron chi connectivity index (χ0n) is 15.1. The number of rotatable bonds is 5. The lowest BCUT2D eigenvalue weighted by atomic mass is 10.2. The lowest BCUT2D eigenvalue weighted by molar-refractivity contribution is -0.274. The number of benzene rings is 1. The summed E-state index contributed by atoms with van der Waals surface area (Å²) >= 11 is 0. The highest BCUT2D eigenvalue weighted by Gasteiger charge is 2.37. The van der Waals surface area contributed by atoms with Crippen LogP contribution < -0.4 is 15.0 Å². The molecular weight excluding hydrogens is 393 g/mol. The van der Waals surface area contributed by atoms with E-state index < -0.39 is 24.1 Å². The summed E-state index contributed by atoms with van der Waals surface area (Å²) < 4.78 is 40.6. The van der Waals surface area contributed by atoms with Gasteiger partial charge >= 0.3 is 12.4 Å². The summed E-state index contributed by atoms with van der Waals surface area (Å²) in [4.78, 5) is 42.4. The number of carbonyl (C=O) groups is 3. The summed E-state index contributed by atoms with van der Waals surface area (Å²) in [5, 5.41) is 2.60. The third-order valence-electron chi connectivity index (χ3n) is 3.95. The van der Waals surface area contributed by atoms with Crippen LogP contribution in [0.25, 0.3) is 0 Å². The van der Waals surface area contributed by atoms with Gasteiger partial charge in [0.2, 0.25) is 5.91 Å². The second kappa shape index (κ2) is 7.78. The van der Waals surface area contributed by atoms with E-state index in [1.165, 1.54) is 36.4 Å². The van der Waals surface area contributed by atoms with Crippen LogP contribution in [0.2, 0.25) is 0 Å². The molecule has 1 fully saturated rings. The molecule has 3 rings (SSSR count). The molecule has 0 unspecified atom stereocenters. The van der Waals surface area contributed by atoms with E-state index in [9.17, 15) is 27.6 Å². The molecule has 1 aliphatic heterocycles. The Morgan fingerprint density at radius 3 is 2.52 bits per heavy atom. The van der Waals surface area contributed by atoms with Crippen LogP contribution in [0.5, 0.6) is 5.75 Å². The number of carbonyl (C=O) groups excluding carboxylic acids is 3. The molecule has 1 aromatic carbocycles. The van der Waals surface area contributed by atoms with Crippen molar-refractivity contribution in [2.75, 3.05) is 16.8 Å². The molecule has 1 aliphatic rings. The van der Waals surface area contributed by atoms with E-state index in [0.717, 1.165) is 17.0 Å². The smallest absolute Gasteiger partial charge is 0.406 e. The fraction of sp³-hybridized carbons (Fsp3) is 0.222. The van der Waals surface area contributed by atoms with E-state index in [1.807, 2.05) is 0 Å². The van der Waals surface area contributed by atoms with Crippen molar-refractivity contribution in [3.63, 3.8) is 0 Å². The first-order valence-corrected chi connectivity index (χ1v) is 8.32. The number of nitrogens with one attached hydrogen (secondary N) is 1. The summed E-state index contributed by atoms with van der Waals surface area (Å²) in [5.74, 6) is -1.31. The standard InChI is InChI=1S/C18H15F3N4O4/c1-11(26)23-15-8-22-7-6-12(15)9-24-10-16(27)25(17(24)28)13-2-4-14(5-3-13)29-18(19,20)21/h2-8H,9-10H2,1H3,(H,23,26). The van der Waals surface area contributed by atoms with Crippen LogP contribution in [0.1, 0.15) is 12.5 Å². The summed E-state index contributed by atoms with van der Waals surface area (Å²) in [5.41, 5.74) is 1.10. The third-order valence-corrected chi connectivity index (χ3v) is 3.95. The van der Waals surface area contributed by atoms with Crippen molar-refractivity contribution < 1.29 is 32.3 Å². The molecule has 1 saturated heterocycles. The maximum Gasteiger partial charge on any atom is 0.573 e. The van der Waals surface area contributed by atoms with Crippen LogP contribution in [0.15, 0.2) is 42.7 Å². The lowest BCUT2D eigenvalue weighted by Gasteiger charge is -2.19. The Morgan fingerprint density at radius 2 is 1.90 bits per heavy atom. The minimum absolute atomic E-state index is 0.0362. The van der Waals surface area contributed by atoms with E-state index in [0.29, 0.717) is 11.3 Å². The molecule has 0 aliphatic carbocycles. The molecule has 0 saturated carbocycles. The Hall–Kier alpha value is -3.63. The predicted molar refractivity (Wildman–Crippen MR) is 95.0 cm³/mol. The second-order valence-electron chi connectivity index (χ2n) is 6.12. The number of hydrogen-bond acceptors (Lipinski definition) is 5. The average molecular weight is 408 g/mol. The number of urea groups is 1. The first-order valence-electron chi connectivity index (χ1n) is 8.32. The van der Waals surface area contributed by atoms with E-state index in [2.05, 4.69) is 15.0 Å². The number of ether oxygens (including phenoxy) is 1. The predicted octanol–water partition coefficient (Wildman–Crippen LogP) is 2.91. The van der Waals surface area contributed by atoms with Gasteiger partial charge in [-0.15, -0.1) is 13.2 Å². The van der Waals surface area contributed by atoms with Gasteiger partial charge in [0, 0.05) is 13.1 Å². The lowest BCUT2D eigenvalue weighted by Crippen LogP contribution is -2.33. The van der Waals surface area contributed by atoms with Gasteiger partial charge in [-0.05, 0) is 35.9 Å². The second-order valence-corrected chi connectivity index (χ2v) is 6.12. The minimum atomic E-state index is -4.84. The number of amides is 4. The molecule has 8 nitrogen and oxygen atoms in total. The monoisotopic (exact) mass is 408 g/mol. The van der Waals surface area contributed by atoms with Crippen molar-refractivity contribution >= 4 is 29.2 Å².